The molecule has 1 aromatic carbocycles. The lowest BCUT2D eigenvalue weighted by Crippen LogP contribution is -2.45. The van der Waals surface area contributed by atoms with Crippen LogP contribution in [0.4, 0.5) is 0 Å². The summed E-state index contributed by atoms with van der Waals surface area (Å²) in [4.78, 5) is 17.1. The maximum Gasteiger partial charge on any atom is 0.246 e. The van der Waals surface area contributed by atoms with E-state index < -0.39 is 0 Å². The van der Waals surface area contributed by atoms with Crippen LogP contribution in [0.25, 0.3) is 6.08 Å². The Labute approximate surface area is 150 Å². The molecule has 0 aliphatic carbocycles. The minimum Gasteiger partial charge on any atom is -0.493 e. The molecule has 3 rings (SSSR count). The standard InChI is InChI=1S/C20H28N2O3/c1-24-18-7-5-6-16(20(18)25-2)8-9-19(23)22-14-10-17(11-15-22)21-12-3-4-13-21/h5-9,17H,3-4,10-15H2,1-2H3/b9-8-. The summed E-state index contributed by atoms with van der Waals surface area (Å²) in [6, 6.07) is 6.33. The average Bonchev–Trinajstić information content (AvgIpc) is 3.20. The van der Waals surface area contributed by atoms with Crippen molar-refractivity contribution < 1.29 is 14.3 Å². The topological polar surface area (TPSA) is 42.0 Å². The zero-order chi connectivity index (χ0) is 17.6. The predicted octanol–water partition coefficient (Wildman–Crippen LogP) is 2.80. The van der Waals surface area contributed by atoms with Crippen molar-refractivity contribution in [1.29, 1.82) is 0 Å². The van der Waals surface area contributed by atoms with E-state index in [1.54, 1.807) is 20.3 Å². The quantitative estimate of drug-likeness (QED) is 0.771. The molecule has 0 saturated carbocycles. The maximum absolute atomic E-state index is 12.5. The van der Waals surface area contributed by atoms with E-state index in [1.165, 1.54) is 25.9 Å². The van der Waals surface area contributed by atoms with E-state index in [9.17, 15) is 4.79 Å². The van der Waals surface area contributed by atoms with Crippen LogP contribution in [0.3, 0.4) is 0 Å². The van der Waals surface area contributed by atoms with Crippen LogP contribution in [0.1, 0.15) is 31.2 Å². The first-order valence-electron chi connectivity index (χ1n) is 9.15. The van der Waals surface area contributed by atoms with Crippen molar-refractivity contribution in [1.82, 2.24) is 9.80 Å². The fraction of sp³-hybridized carbons (Fsp3) is 0.550. The van der Waals surface area contributed by atoms with E-state index in [2.05, 4.69) is 4.90 Å². The Morgan fingerprint density at radius 1 is 1.08 bits per heavy atom. The minimum atomic E-state index is 0.0738. The number of hydrogen-bond donors (Lipinski definition) is 0. The number of rotatable bonds is 5. The number of hydrogen-bond acceptors (Lipinski definition) is 4. The van der Waals surface area contributed by atoms with Crippen molar-refractivity contribution in [2.24, 2.45) is 0 Å². The molecular formula is C20H28N2O3. The predicted molar refractivity (Wildman–Crippen MR) is 99.0 cm³/mol. The first-order valence-corrected chi connectivity index (χ1v) is 9.15. The van der Waals surface area contributed by atoms with Crippen LogP contribution >= 0.6 is 0 Å². The molecule has 5 heteroatoms. The van der Waals surface area contributed by atoms with E-state index in [4.69, 9.17) is 9.47 Å². The summed E-state index contributed by atoms with van der Waals surface area (Å²) in [5.74, 6) is 1.40. The minimum absolute atomic E-state index is 0.0738. The molecule has 0 spiro atoms. The Hall–Kier alpha value is -2.01. The van der Waals surface area contributed by atoms with Gasteiger partial charge in [0.05, 0.1) is 14.2 Å². The molecule has 0 aromatic heterocycles. The lowest BCUT2D eigenvalue weighted by molar-refractivity contribution is -0.127. The van der Waals surface area contributed by atoms with Gasteiger partial charge in [0, 0.05) is 30.8 Å². The molecule has 0 atom stereocenters. The number of amides is 1. The first-order chi connectivity index (χ1) is 12.2. The Morgan fingerprint density at radius 3 is 2.44 bits per heavy atom. The largest absolute Gasteiger partial charge is 0.493 e. The third kappa shape index (κ3) is 4.15. The van der Waals surface area contributed by atoms with Gasteiger partial charge in [0.1, 0.15) is 0 Å². The second-order valence-electron chi connectivity index (χ2n) is 6.72. The van der Waals surface area contributed by atoms with Crippen LogP contribution in [-0.2, 0) is 4.79 Å². The number of carbonyl (C=O) groups is 1. The summed E-state index contributed by atoms with van der Waals surface area (Å²) < 4.78 is 10.7. The fourth-order valence-electron chi connectivity index (χ4n) is 3.87. The third-order valence-electron chi connectivity index (χ3n) is 5.27. The molecule has 1 amide bonds. The molecule has 2 saturated heterocycles. The Morgan fingerprint density at radius 2 is 1.80 bits per heavy atom. The summed E-state index contributed by atoms with van der Waals surface area (Å²) in [5, 5.41) is 0. The SMILES string of the molecule is COc1cccc(/C=C\C(=O)N2CCC(N3CCCC3)CC2)c1OC. The van der Waals surface area contributed by atoms with E-state index in [1.807, 2.05) is 29.2 Å². The van der Waals surface area contributed by atoms with Crippen molar-refractivity contribution in [2.45, 2.75) is 31.7 Å². The Kier molecular flexibility index (Phi) is 5.97. The van der Waals surface area contributed by atoms with E-state index in [0.717, 1.165) is 31.5 Å². The lowest BCUT2D eigenvalue weighted by atomic mass is 10.0. The molecule has 0 unspecified atom stereocenters. The highest BCUT2D eigenvalue weighted by atomic mass is 16.5. The molecule has 2 heterocycles. The number of benzene rings is 1. The molecule has 136 valence electrons. The highest BCUT2D eigenvalue weighted by Gasteiger charge is 2.27. The van der Waals surface area contributed by atoms with Crippen molar-refractivity contribution in [2.75, 3.05) is 40.4 Å². The van der Waals surface area contributed by atoms with Gasteiger partial charge in [0.2, 0.25) is 5.91 Å². The van der Waals surface area contributed by atoms with Crippen LogP contribution in [0.2, 0.25) is 0 Å². The molecule has 5 nitrogen and oxygen atoms in total. The van der Waals surface area contributed by atoms with Crippen molar-refractivity contribution in [3.63, 3.8) is 0 Å². The lowest BCUT2D eigenvalue weighted by Gasteiger charge is -2.36. The zero-order valence-corrected chi connectivity index (χ0v) is 15.2. The summed E-state index contributed by atoms with van der Waals surface area (Å²) in [5.41, 5.74) is 0.849. The average molecular weight is 344 g/mol. The number of piperidine rings is 1. The molecule has 2 aliphatic heterocycles. The van der Waals surface area contributed by atoms with Crippen LogP contribution in [0.5, 0.6) is 11.5 Å². The van der Waals surface area contributed by atoms with Crippen LogP contribution in [0, 0.1) is 0 Å². The second-order valence-corrected chi connectivity index (χ2v) is 6.72. The Balaban J connectivity index is 1.58. The van der Waals surface area contributed by atoms with Gasteiger partial charge in [-0.05, 0) is 50.9 Å². The van der Waals surface area contributed by atoms with Crippen LogP contribution in [-0.4, -0.2) is 62.1 Å². The van der Waals surface area contributed by atoms with Gasteiger partial charge in [-0.3, -0.25) is 4.79 Å². The smallest absolute Gasteiger partial charge is 0.246 e. The van der Waals surface area contributed by atoms with Gasteiger partial charge in [-0.1, -0.05) is 12.1 Å². The van der Waals surface area contributed by atoms with Crippen molar-refractivity contribution in [3.8, 4) is 11.5 Å². The van der Waals surface area contributed by atoms with Gasteiger partial charge in [-0.25, -0.2) is 0 Å². The van der Waals surface area contributed by atoms with E-state index >= 15 is 0 Å². The molecule has 0 bridgehead atoms. The number of ether oxygens (including phenoxy) is 2. The van der Waals surface area contributed by atoms with Gasteiger partial charge in [-0.15, -0.1) is 0 Å². The fourth-order valence-corrected chi connectivity index (χ4v) is 3.87. The van der Waals surface area contributed by atoms with Crippen LogP contribution < -0.4 is 9.47 Å². The van der Waals surface area contributed by atoms with E-state index in [0.29, 0.717) is 17.5 Å². The third-order valence-corrected chi connectivity index (χ3v) is 5.27. The van der Waals surface area contributed by atoms with Gasteiger partial charge in [0.25, 0.3) is 0 Å². The van der Waals surface area contributed by atoms with Crippen molar-refractivity contribution in [3.05, 3.63) is 29.8 Å². The molecule has 25 heavy (non-hydrogen) atoms. The first kappa shape index (κ1) is 17.8. The molecule has 2 fully saturated rings. The van der Waals surface area contributed by atoms with Gasteiger partial charge >= 0.3 is 0 Å². The summed E-state index contributed by atoms with van der Waals surface area (Å²) in [7, 11) is 3.22. The molecule has 0 N–H and O–H groups in total. The number of carbonyl (C=O) groups excluding carboxylic acids is 1. The highest BCUT2D eigenvalue weighted by molar-refractivity contribution is 5.92. The van der Waals surface area contributed by atoms with Gasteiger partial charge in [0.15, 0.2) is 11.5 Å². The number of likely N-dealkylation sites (tertiary alicyclic amines) is 2. The molecule has 0 radical (unpaired) electrons. The zero-order valence-electron chi connectivity index (χ0n) is 15.2. The molecule has 1 aromatic rings. The Bertz CT molecular complexity index is 615. The monoisotopic (exact) mass is 344 g/mol. The molecular weight excluding hydrogens is 316 g/mol. The highest BCUT2D eigenvalue weighted by Crippen LogP contribution is 2.31. The summed E-state index contributed by atoms with van der Waals surface area (Å²) >= 11 is 0. The normalized spacial score (nSPS) is 19.5. The van der Waals surface area contributed by atoms with Crippen LogP contribution in [0.15, 0.2) is 24.3 Å². The van der Waals surface area contributed by atoms with E-state index in [-0.39, 0.29) is 5.91 Å². The second kappa shape index (κ2) is 8.39. The van der Waals surface area contributed by atoms with Gasteiger partial charge in [-0.2, -0.15) is 0 Å². The number of nitrogens with zero attached hydrogens (tertiary/aromatic N) is 2. The molecule has 2 aliphatic rings. The maximum atomic E-state index is 12.5. The number of para-hydroxylation sites is 1. The summed E-state index contributed by atoms with van der Waals surface area (Å²) in [6.07, 6.45) is 8.28. The van der Waals surface area contributed by atoms with Crippen molar-refractivity contribution >= 4 is 12.0 Å². The van der Waals surface area contributed by atoms with Gasteiger partial charge < -0.3 is 19.3 Å². The number of methoxy groups -OCH3 is 2. The summed E-state index contributed by atoms with van der Waals surface area (Å²) in [6.45, 7) is 4.15.